The molecule has 0 aliphatic heterocycles. The summed E-state index contributed by atoms with van der Waals surface area (Å²) in [6, 6.07) is 0.590. The number of nitrogens with one attached hydrogen (secondary N) is 2. The third kappa shape index (κ3) is 4.86. The Bertz CT molecular complexity index is 408. The summed E-state index contributed by atoms with van der Waals surface area (Å²) in [5, 5.41) is 17.7. The van der Waals surface area contributed by atoms with Gasteiger partial charge >= 0.3 is 12.1 Å². The highest BCUT2D eigenvalue weighted by Crippen LogP contribution is 2.07. The summed E-state index contributed by atoms with van der Waals surface area (Å²) in [6.45, 7) is 5.12. The van der Waals surface area contributed by atoms with E-state index in [0.717, 1.165) is 0 Å². The summed E-state index contributed by atoms with van der Waals surface area (Å²) in [6.07, 6.45) is 0.880. The molecule has 0 bridgehead atoms. The Morgan fingerprint density at radius 2 is 2.22 bits per heavy atom. The largest absolute Gasteiger partial charge is 0.480 e. The number of aliphatic carboxylic acids is 1. The molecule has 1 atom stereocenters. The lowest BCUT2D eigenvalue weighted by Crippen LogP contribution is -2.44. The Labute approximate surface area is 105 Å². The van der Waals surface area contributed by atoms with Crippen molar-refractivity contribution in [2.45, 2.75) is 38.8 Å². The maximum atomic E-state index is 11.5. The summed E-state index contributed by atoms with van der Waals surface area (Å²) >= 11 is 0. The number of carbonyl (C=O) groups excluding carboxylic acids is 1. The highest BCUT2D eigenvalue weighted by atomic mass is 16.6. The maximum Gasteiger partial charge on any atom is 0.408 e. The zero-order valence-electron chi connectivity index (χ0n) is 10.6. The molecule has 7 nitrogen and oxygen atoms in total. The van der Waals surface area contributed by atoms with Gasteiger partial charge in [-0.05, 0) is 26.8 Å². The normalized spacial score (nSPS) is 12.8. The van der Waals surface area contributed by atoms with Gasteiger partial charge in [0.05, 0.1) is 0 Å². The average Bonchev–Trinajstić information content (AvgIpc) is 2.66. The number of hydrogen-bond donors (Lipinski definition) is 3. The van der Waals surface area contributed by atoms with E-state index in [2.05, 4.69) is 15.5 Å². The van der Waals surface area contributed by atoms with Gasteiger partial charge in [0.15, 0.2) is 0 Å². The second kappa shape index (κ2) is 5.52. The van der Waals surface area contributed by atoms with Crippen LogP contribution < -0.4 is 5.32 Å². The van der Waals surface area contributed by atoms with Gasteiger partial charge in [-0.3, -0.25) is 5.10 Å². The summed E-state index contributed by atoms with van der Waals surface area (Å²) in [4.78, 5) is 22.5. The van der Waals surface area contributed by atoms with Crippen molar-refractivity contribution in [3.63, 3.8) is 0 Å². The second-order valence-corrected chi connectivity index (χ2v) is 4.82. The number of alkyl carbamates (subject to hydrolysis) is 1. The quantitative estimate of drug-likeness (QED) is 0.742. The minimum atomic E-state index is -1.13. The van der Waals surface area contributed by atoms with E-state index in [0.29, 0.717) is 5.69 Å². The highest BCUT2D eigenvalue weighted by Gasteiger charge is 2.24. The van der Waals surface area contributed by atoms with Crippen LogP contribution in [0.4, 0.5) is 4.79 Å². The lowest BCUT2D eigenvalue weighted by Gasteiger charge is -2.21. The van der Waals surface area contributed by atoms with Crippen molar-refractivity contribution in [3.05, 3.63) is 18.0 Å². The average molecular weight is 255 g/mol. The number of hydrogen-bond acceptors (Lipinski definition) is 4. The minimum absolute atomic E-state index is 0.120. The fourth-order valence-electron chi connectivity index (χ4n) is 1.27. The van der Waals surface area contributed by atoms with E-state index in [9.17, 15) is 9.59 Å². The first-order valence-electron chi connectivity index (χ1n) is 5.48. The minimum Gasteiger partial charge on any atom is -0.480 e. The number of rotatable bonds is 4. The van der Waals surface area contributed by atoms with Gasteiger partial charge < -0.3 is 15.2 Å². The number of carbonyl (C=O) groups is 2. The maximum absolute atomic E-state index is 11.5. The van der Waals surface area contributed by atoms with Crippen LogP contribution in [0.15, 0.2) is 12.3 Å². The molecule has 0 radical (unpaired) electrons. The molecule has 18 heavy (non-hydrogen) atoms. The molecule has 0 fully saturated rings. The number of carboxylic acid groups (broad SMARTS) is 1. The van der Waals surface area contributed by atoms with Crippen molar-refractivity contribution >= 4 is 12.1 Å². The van der Waals surface area contributed by atoms with Crippen molar-refractivity contribution in [2.24, 2.45) is 0 Å². The molecular weight excluding hydrogens is 238 g/mol. The molecule has 0 aromatic carbocycles. The van der Waals surface area contributed by atoms with Crippen LogP contribution in [0.3, 0.4) is 0 Å². The van der Waals surface area contributed by atoms with Gasteiger partial charge in [0, 0.05) is 18.3 Å². The molecule has 1 amide bonds. The van der Waals surface area contributed by atoms with Crippen molar-refractivity contribution < 1.29 is 19.4 Å². The van der Waals surface area contributed by atoms with Crippen LogP contribution in [-0.2, 0) is 16.0 Å². The molecule has 100 valence electrons. The fourth-order valence-corrected chi connectivity index (χ4v) is 1.27. The van der Waals surface area contributed by atoms with Crippen LogP contribution in [0.5, 0.6) is 0 Å². The Balaban J connectivity index is 2.58. The molecule has 1 unspecified atom stereocenters. The van der Waals surface area contributed by atoms with Gasteiger partial charge in [-0.2, -0.15) is 5.10 Å². The van der Waals surface area contributed by atoms with Gasteiger partial charge in [0.25, 0.3) is 0 Å². The third-order valence-electron chi connectivity index (χ3n) is 1.97. The van der Waals surface area contributed by atoms with Crippen molar-refractivity contribution in [1.29, 1.82) is 0 Å². The topological polar surface area (TPSA) is 104 Å². The Morgan fingerprint density at radius 3 is 2.67 bits per heavy atom. The lowest BCUT2D eigenvalue weighted by atomic mass is 10.1. The molecule has 1 heterocycles. The summed E-state index contributed by atoms with van der Waals surface area (Å²) in [5.74, 6) is -1.13. The zero-order valence-corrected chi connectivity index (χ0v) is 10.6. The monoisotopic (exact) mass is 255 g/mol. The van der Waals surface area contributed by atoms with Gasteiger partial charge in [-0.25, -0.2) is 9.59 Å². The standard InChI is InChI=1S/C11H17N3O4/c1-11(2,3)18-10(17)13-8(9(15)16)6-7-4-5-12-14-7/h4-5,8H,6H2,1-3H3,(H,12,14)(H,13,17)(H,15,16). The van der Waals surface area contributed by atoms with E-state index in [1.54, 1.807) is 26.8 Å². The smallest absolute Gasteiger partial charge is 0.408 e. The molecule has 1 aromatic heterocycles. The van der Waals surface area contributed by atoms with E-state index in [1.807, 2.05) is 0 Å². The first-order valence-corrected chi connectivity index (χ1v) is 5.48. The Hall–Kier alpha value is -2.05. The molecule has 0 saturated heterocycles. The molecule has 1 aromatic rings. The molecule has 0 aliphatic rings. The number of aromatic nitrogens is 2. The number of H-pyrrole nitrogens is 1. The van der Waals surface area contributed by atoms with Crippen LogP contribution in [0.2, 0.25) is 0 Å². The summed E-state index contributed by atoms with van der Waals surface area (Å²) in [7, 11) is 0. The first kappa shape index (κ1) is 14.0. The molecule has 1 rings (SSSR count). The summed E-state index contributed by atoms with van der Waals surface area (Å²) < 4.78 is 5.00. The zero-order chi connectivity index (χ0) is 13.8. The van der Waals surface area contributed by atoms with Crippen LogP contribution >= 0.6 is 0 Å². The molecule has 0 aliphatic carbocycles. The van der Waals surface area contributed by atoms with Crippen LogP contribution in [0.25, 0.3) is 0 Å². The Morgan fingerprint density at radius 1 is 1.56 bits per heavy atom. The van der Waals surface area contributed by atoms with Gasteiger partial charge in [0.1, 0.15) is 11.6 Å². The van der Waals surface area contributed by atoms with Crippen molar-refractivity contribution in [3.8, 4) is 0 Å². The number of ether oxygens (including phenoxy) is 1. The Kier molecular flexibility index (Phi) is 4.30. The van der Waals surface area contributed by atoms with Crippen LogP contribution in [0.1, 0.15) is 26.5 Å². The van der Waals surface area contributed by atoms with E-state index < -0.39 is 23.7 Å². The van der Waals surface area contributed by atoms with Gasteiger partial charge in [-0.1, -0.05) is 0 Å². The predicted molar refractivity (Wildman–Crippen MR) is 63.1 cm³/mol. The molecule has 3 N–H and O–H groups in total. The number of nitrogens with zero attached hydrogens (tertiary/aromatic N) is 1. The van der Waals surface area contributed by atoms with E-state index >= 15 is 0 Å². The number of aromatic amines is 1. The van der Waals surface area contributed by atoms with Crippen molar-refractivity contribution in [1.82, 2.24) is 15.5 Å². The van der Waals surface area contributed by atoms with E-state index in [-0.39, 0.29) is 6.42 Å². The first-order chi connectivity index (χ1) is 8.28. The second-order valence-electron chi connectivity index (χ2n) is 4.82. The lowest BCUT2D eigenvalue weighted by molar-refractivity contribution is -0.139. The van der Waals surface area contributed by atoms with E-state index in [1.165, 1.54) is 6.20 Å². The van der Waals surface area contributed by atoms with Crippen LogP contribution in [0, 0.1) is 0 Å². The number of carboxylic acids is 1. The molecule has 0 spiro atoms. The van der Waals surface area contributed by atoms with Crippen molar-refractivity contribution in [2.75, 3.05) is 0 Å². The number of amides is 1. The van der Waals surface area contributed by atoms with E-state index in [4.69, 9.17) is 9.84 Å². The molecular formula is C11H17N3O4. The van der Waals surface area contributed by atoms with Crippen LogP contribution in [-0.4, -0.2) is 39.0 Å². The molecule has 7 heteroatoms. The van der Waals surface area contributed by atoms with Gasteiger partial charge in [0.2, 0.25) is 0 Å². The predicted octanol–water partition coefficient (Wildman–Crippen LogP) is 0.930. The SMILES string of the molecule is CC(C)(C)OC(=O)NC(Cc1ccn[nH]1)C(=O)O. The highest BCUT2D eigenvalue weighted by molar-refractivity contribution is 5.80. The van der Waals surface area contributed by atoms with Gasteiger partial charge in [-0.15, -0.1) is 0 Å². The fraction of sp³-hybridized carbons (Fsp3) is 0.545. The third-order valence-corrected chi connectivity index (χ3v) is 1.97. The summed E-state index contributed by atoms with van der Waals surface area (Å²) in [5.41, 5.74) is -0.0420. The molecule has 0 saturated carbocycles.